The lowest BCUT2D eigenvalue weighted by molar-refractivity contribution is 1.36. The minimum absolute atomic E-state index is 1.19. The summed E-state index contributed by atoms with van der Waals surface area (Å²) in [4.78, 5) is 4.16. The van der Waals surface area contributed by atoms with Crippen LogP contribution in [-0.2, 0) is 0 Å². The van der Waals surface area contributed by atoms with Crippen LogP contribution in [0.15, 0.2) is 60.9 Å². The van der Waals surface area contributed by atoms with Crippen LogP contribution < -0.4 is 0 Å². The highest BCUT2D eigenvalue weighted by Crippen LogP contribution is 2.27. The lowest BCUT2D eigenvalue weighted by Gasteiger charge is -2.06. The standard InChI is InChI=1S/C16H13N/c1-12-5-7-13(8-6-12)15-4-2-3-14-11-17-10-9-16(14)15/h2-11H,1H3. The fourth-order valence-electron chi connectivity index (χ4n) is 2.11. The minimum atomic E-state index is 1.19. The second kappa shape index (κ2) is 4.02. The van der Waals surface area contributed by atoms with Crippen molar-refractivity contribution < 1.29 is 0 Å². The highest BCUT2D eigenvalue weighted by Gasteiger charge is 2.02. The summed E-state index contributed by atoms with van der Waals surface area (Å²) in [6.45, 7) is 2.11. The largest absolute Gasteiger partial charge is 0.264 e. The molecular weight excluding hydrogens is 206 g/mol. The minimum Gasteiger partial charge on any atom is -0.264 e. The zero-order valence-corrected chi connectivity index (χ0v) is 9.72. The van der Waals surface area contributed by atoms with Crippen molar-refractivity contribution in [1.29, 1.82) is 0 Å². The Balaban J connectivity index is 2.27. The molecule has 1 heterocycles. The number of pyridine rings is 1. The normalized spacial score (nSPS) is 10.6. The van der Waals surface area contributed by atoms with E-state index in [0.29, 0.717) is 0 Å². The van der Waals surface area contributed by atoms with E-state index >= 15 is 0 Å². The zero-order chi connectivity index (χ0) is 11.7. The van der Waals surface area contributed by atoms with Crippen LogP contribution in [0.5, 0.6) is 0 Å². The van der Waals surface area contributed by atoms with Gasteiger partial charge in [-0.15, -0.1) is 0 Å². The van der Waals surface area contributed by atoms with Gasteiger partial charge in [-0.1, -0.05) is 48.0 Å². The maximum Gasteiger partial charge on any atom is 0.0346 e. The number of aromatic nitrogens is 1. The first-order chi connectivity index (χ1) is 8.34. The molecule has 0 amide bonds. The molecule has 0 radical (unpaired) electrons. The predicted octanol–water partition coefficient (Wildman–Crippen LogP) is 4.21. The molecular formula is C16H13N. The molecule has 0 saturated carbocycles. The smallest absolute Gasteiger partial charge is 0.0346 e. The molecule has 0 N–H and O–H groups in total. The molecule has 0 aliphatic carbocycles. The summed E-state index contributed by atoms with van der Waals surface area (Å²) in [5.74, 6) is 0. The van der Waals surface area contributed by atoms with E-state index in [1.165, 1.54) is 27.5 Å². The third-order valence-electron chi connectivity index (χ3n) is 3.04. The molecule has 0 fully saturated rings. The molecule has 2 aromatic carbocycles. The molecule has 17 heavy (non-hydrogen) atoms. The Morgan fingerprint density at radius 2 is 1.71 bits per heavy atom. The Morgan fingerprint density at radius 1 is 0.882 bits per heavy atom. The van der Waals surface area contributed by atoms with Crippen molar-refractivity contribution in [1.82, 2.24) is 4.98 Å². The number of hydrogen-bond donors (Lipinski definition) is 0. The molecule has 82 valence electrons. The summed E-state index contributed by atoms with van der Waals surface area (Å²) < 4.78 is 0. The van der Waals surface area contributed by atoms with Gasteiger partial charge in [-0.05, 0) is 29.5 Å². The van der Waals surface area contributed by atoms with Gasteiger partial charge >= 0.3 is 0 Å². The summed E-state index contributed by atoms with van der Waals surface area (Å²) >= 11 is 0. The van der Waals surface area contributed by atoms with Gasteiger partial charge in [0.1, 0.15) is 0 Å². The second-order valence-electron chi connectivity index (χ2n) is 4.27. The number of hydrogen-bond acceptors (Lipinski definition) is 1. The van der Waals surface area contributed by atoms with Crippen molar-refractivity contribution in [2.24, 2.45) is 0 Å². The van der Waals surface area contributed by atoms with Crippen LogP contribution in [0, 0.1) is 6.92 Å². The van der Waals surface area contributed by atoms with E-state index in [-0.39, 0.29) is 0 Å². The summed E-state index contributed by atoms with van der Waals surface area (Å²) in [5, 5.41) is 2.44. The van der Waals surface area contributed by atoms with E-state index in [0.717, 1.165) is 0 Å². The summed E-state index contributed by atoms with van der Waals surface area (Å²) in [6, 6.07) is 17.1. The highest BCUT2D eigenvalue weighted by molar-refractivity contribution is 5.96. The van der Waals surface area contributed by atoms with Crippen molar-refractivity contribution in [3.8, 4) is 11.1 Å². The van der Waals surface area contributed by atoms with E-state index in [1.807, 2.05) is 12.4 Å². The Morgan fingerprint density at radius 3 is 2.53 bits per heavy atom. The number of benzene rings is 2. The molecule has 0 unspecified atom stereocenters. The van der Waals surface area contributed by atoms with Crippen molar-refractivity contribution in [3.63, 3.8) is 0 Å². The molecule has 0 atom stereocenters. The van der Waals surface area contributed by atoms with Crippen molar-refractivity contribution in [3.05, 3.63) is 66.5 Å². The average molecular weight is 219 g/mol. The molecule has 1 aromatic heterocycles. The van der Waals surface area contributed by atoms with Gasteiger partial charge in [-0.25, -0.2) is 0 Å². The van der Waals surface area contributed by atoms with Gasteiger partial charge in [0.25, 0.3) is 0 Å². The number of fused-ring (bicyclic) bond motifs is 1. The molecule has 0 aliphatic rings. The summed E-state index contributed by atoms with van der Waals surface area (Å²) in [5.41, 5.74) is 3.81. The van der Waals surface area contributed by atoms with E-state index in [4.69, 9.17) is 0 Å². The Bertz CT molecular complexity index is 648. The van der Waals surface area contributed by atoms with E-state index in [2.05, 4.69) is 60.4 Å². The van der Waals surface area contributed by atoms with E-state index in [1.54, 1.807) is 0 Å². The Kier molecular flexibility index (Phi) is 2.37. The van der Waals surface area contributed by atoms with Crippen molar-refractivity contribution >= 4 is 10.8 Å². The monoisotopic (exact) mass is 219 g/mol. The molecule has 1 heteroatoms. The molecule has 1 nitrogen and oxygen atoms in total. The molecule has 0 bridgehead atoms. The maximum atomic E-state index is 4.16. The summed E-state index contributed by atoms with van der Waals surface area (Å²) in [6.07, 6.45) is 3.76. The van der Waals surface area contributed by atoms with Crippen LogP contribution >= 0.6 is 0 Å². The van der Waals surface area contributed by atoms with Crippen molar-refractivity contribution in [2.45, 2.75) is 6.92 Å². The fourth-order valence-corrected chi connectivity index (χ4v) is 2.11. The van der Waals surface area contributed by atoms with Gasteiger partial charge in [0.15, 0.2) is 0 Å². The number of nitrogens with zero attached hydrogens (tertiary/aromatic N) is 1. The number of aryl methyl sites for hydroxylation is 1. The van der Waals surface area contributed by atoms with Gasteiger partial charge in [0, 0.05) is 17.8 Å². The topological polar surface area (TPSA) is 12.9 Å². The highest BCUT2D eigenvalue weighted by atomic mass is 14.6. The zero-order valence-electron chi connectivity index (χ0n) is 9.72. The average Bonchev–Trinajstić information content (AvgIpc) is 2.39. The number of rotatable bonds is 1. The summed E-state index contributed by atoms with van der Waals surface area (Å²) in [7, 11) is 0. The first kappa shape index (κ1) is 10.0. The van der Waals surface area contributed by atoms with Gasteiger partial charge in [-0.2, -0.15) is 0 Å². The van der Waals surface area contributed by atoms with Gasteiger partial charge < -0.3 is 0 Å². The quantitative estimate of drug-likeness (QED) is 0.597. The van der Waals surface area contributed by atoms with Crippen LogP contribution in [0.3, 0.4) is 0 Å². The lowest BCUT2D eigenvalue weighted by atomic mass is 9.99. The lowest BCUT2D eigenvalue weighted by Crippen LogP contribution is -1.82. The van der Waals surface area contributed by atoms with Crippen molar-refractivity contribution in [2.75, 3.05) is 0 Å². The van der Waals surface area contributed by atoms with Crippen LogP contribution in [0.1, 0.15) is 5.56 Å². The molecule has 0 aliphatic heterocycles. The third kappa shape index (κ3) is 1.80. The van der Waals surface area contributed by atoms with Gasteiger partial charge in [0.05, 0.1) is 0 Å². The van der Waals surface area contributed by atoms with E-state index in [9.17, 15) is 0 Å². The molecule has 3 rings (SSSR count). The molecule has 0 saturated heterocycles. The van der Waals surface area contributed by atoms with E-state index < -0.39 is 0 Å². The first-order valence-electron chi connectivity index (χ1n) is 5.74. The molecule has 3 aromatic rings. The fraction of sp³-hybridized carbons (Fsp3) is 0.0625. The third-order valence-corrected chi connectivity index (χ3v) is 3.04. The maximum absolute atomic E-state index is 4.16. The Hall–Kier alpha value is -2.15. The predicted molar refractivity (Wildman–Crippen MR) is 71.9 cm³/mol. The Labute approximate surface area is 101 Å². The van der Waals surface area contributed by atoms with Crippen LogP contribution in [-0.4, -0.2) is 4.98 Å². The second-order valence-corrected chi connectivity index (χ2v) is 4.27. The van der Waals surface area contributed by atoms with Gasteiger partial charge in [-0.3, -0.25) is 4.98 Å². The van der Waals surface area contributed by atoms with Crippen LogP contribution in [0.25, 0.3) is 21.9 Å². The van der Waals surface area contributed by atoms with Gasteiger partial charge in [0.2, 0.25) is 0 Å². The SMILES string of the molecule is Cc1ccc(-c2cccc3cnccc23)cc1. The van der Waals surface area contributed by atoms with Crippen LogP contribution in [0.4, 0.5) is 0 Å². The molecule has 0 spiro atoms. The first-order valence-corrected chi connectivity index (χ1v) is 5.74. The van der Waals surface area contributed by atoms with Crippen LogP contribution in [0.2, 0.25) is 0 Å².